The average molecular weight is 417 g/mol. The van der Waals surface area contributed by atoms with Crippen LogP contribution >= 0.6 is 23.2 Å². The Morgan fingerprint density at radius 2 is 1.39 bits per heavy atom. The molecule has 28 heavy (non-hydrogen) atoms. The second-order valence-electron chi connectivity index (χ2n) is 8.29. The molecule has 3 N–H and O–H groups in total. The Labute approximate surface area is 174 Å². The molecule has 0 aromatic heterocycles. The summed E-state index contributed by atoms with van der Waals surface area (Å²) < 4.78 is 0. The van der Waals surface area contributed by atoms with Crippen LogP contribution < -0.4 is 14.7 Å². The lowest BCUT2D eigenvalue weighted by Gasteiger charge is -2.52. The molecule has 6 rings (SSSR count). The zero-order chi connectivity index (χ0) is 19.1. The van der Waals surface area contributed by atoms with Crippen LogP contribution in [0.5, 0.6) is 0 Å². The highest BCUT2D eigenvalue weighted by molar-refractivity contribution is 6.38. The molecule has 0 amide bonds. The van der Waals surface area contributed by atoms with Gasteiger partial charge in [0.05, 0.1) is 22.0 Å². The second kappa shape index (κ2) is 7.25. The molecular weight excluding hydrogens is 393 g/mol. The third kappa shape index (κ3) is 3.27. The summed E-state index contributed by atoms with van der Waals surface area (Å²) in [5, 5.41) is 10.4. The third-order valence-corrected chi connectivity index (χ3v) is 6.82. The molecule has 0 atom stereocenters. The Hall–Kier alpha value is -1.76. The Bertz CT molecular complexity index is 886. The molecule has 0 spiro atoms. The van der Waals surface area contributed by atoms with Crippen LogP contribution in [0.25, 0.3) is 0 Å². The fraction of sp³-hybridized carbons (Fsp3) is 0.333. The van der Waals surface area contributed by atoms with Crippen molar-refractivity contribution in [3.63, 3.8) is 0 Å². The number of nitrogens with one attached hydrogen (secondary N) is 3. The van der Waals surface area contributed by atoms with E-state index in [1.807, 2.05) is 24.3 Å². The van der Waals surface area contributed by atoms with Crippen LogP contribution in [-0.4, -0.2) is 51.6 Å². The maximum absolute atomic E-state index is 6.28. The molecule has 7 heteroatoms. The molecule has 2 aromatic carbocycles. The molecule has 0 saturated carbocycles. The van der Waals surface area contributed by atoms with Crippen LogP contribution in [0.2, 0.25) is 10.0 Å². The Morgan fingerprint density at radius 3 is 1.96 bits per heavy atom. The van der Waals surface area contributed by atoms with E-state index in [2.05, 4.69) is 29.4 Å². The summed E-state index contributed by atoms with van der Waals surface area (Å²) in [6, 6.07) is 16.0. The summed E-state index contributed by atoms with van der Waals surface area (Å²) in [6.45, 7) is 7.09. The summed E-state index contributed by atoms with van der Waals surface area (Å²) in [4.78, 5) is 5.03. The highest BCUT2D eigenvalue weighted by Crippen LogP contribution is 2.25. The van der Waals surface area contributed by atoms with Gasteiger partial charge in [-0.3, -0.25) is 0 Å². The van der Waals surface area contributed by atoms with E-state index in [1.54, 1.807) is 20.9 Å². The number of benzene rings is 2. The number of halogens is 2. The third-order valence-electron chi connectivity index (χ3n) is 6.16. The SMILES string of the molecule is Clc1cccc(Cl)c1/C=N\N=C(\c1ccccc1)C12C[NH+]3C[NH+](C[NH+](C3)C1)C2. The molecule has 0 unspecified atom stereocenters. The van der Waals surface area contributed by atoms with Gasteiger partial charge in [-0.2, -0.15) is 10.2 Å². The van der Waals surface area contributed by atoms with E-state index in [1.165, 1.54) is 20.0 Å². The van der Waals surface area contributed by atoms with E-state index in [-0.39, 0.29) is 5.41 Å². The summed E-state index contributed by atoms with van der Waals surface area (Å²) >= 11 is 12.6. The first kappa shape index (κ1) is 18.3. The van der Waals surface area contributed by atoms with Gasteiger partial charge in [0.2, 0.25) is 20.0 Å². The Balaban J connectivity index is 1.55. The standard InChI is InChI=1S/C21H21Cl2N5/c22-18-7-4-8-19(23)17(18)9-24-25-20(16-5-2-1-3-6-16)21-10-26-13-27(11-21)15-28(12-21)14-26/h1-9H,10-15H2/p+3/b24-9-,25-20-. The van der Waals surface area contributed by atoms with Crippen LogP contribution in [-0.2, 0) is 0 Å². The van der Waals surface area contributed by atoms with Gasteiger partial charge in [0.15, 0.2) is 5.41 Å². The zero-order valence-electron chi connectivity index (χ0n) is 15.6. The molecule has 4 bridgehead atoms. The summed E-state index contributed by atoms with van der Waals surface area (Å²) in [7, 11) is 0. The van der Waals surface area contributed by atoms with Gasteiger partial charge in [-0.05, 0) is 17.7 Å². The molecule has 4 aliphatic rings. The number of hydrogen-bond donors (Lipinski definition) is 3. The Kier molecular flexibility index (Phi) is 4.73. The largest absolute Gasteiger partial charge is 0.241 e. The maximum Gasteiger partial charge on any atom is 0.213 e. The molecule has 4 fully saturated rings. The van der Waals surface area contributed by atoms with Crippen molar-refractivity contribution in [3.05, 3.63) is 69.7 Å². The molecule has 144 valence electrons. The smallest absolute Gasteiger partial charge is 0.213 e. The number of nitrogens with zero attached hydrogens (tertiary/aromatic N) is 2. The number of hydrogen-bond acceptors (Lipinski definition) is 2. The highest BCUT2D eigenvalue weighted by Gasteiger charge is 2.60. The van der Waals surface area contributed by atoms with Crippen molar-refractivity contribution in [3.8, 4) is 0 Å². The zero-order valence-corrected chi connectivity index (χ0v) is 17.1. The monoisotopic (exact) mass is 416 g/mol. The van der Waals surface area contributed by atoms with E-state index in [0.717, 1.165) is 30.9 Å². The van der Waals surface area contributed by atoms with E-state index >= 15 is 0 Å². The van der Waals surface area contributed by atoms with Crippen LogP contribution in [0.4, 0.5) is 0 Å². The van der Waals surface area contributed by atoms with Crippen molar-refractivity contribution in [1.29, 1.82) is 0 Å². The lowest BCUT2D eigenvalue weighted by Crippen LogP contribution is -3.56. The van der Waals surface area contributed by atoms with Gasteiger partial charge in [-0.25, -0.2) is 14.7 Å². The van der Waals surface area contributed by atoms with Gasteiger partial charge in [0, 0.05) is 5.56 Å². The molecule has 0 aliphatic carbocycles. The second-order valence-corrected chi connectivity index (χ2v) is 9.10. The van der Waals surface area contributed by atoms with Crippen LogP contribution in [0.1, 0.15) is 11.1 Å². The quantitative estimate of drug-likeness (QED) is 0.438. The van der Waals surface area contributed by atoms with Gasteiger partial charge in [0.1, 0.15) is 19.6 Å². The van der Waals surface area contributed by atoms with Crippen LogP contribution in [0.15, 0.2) is 58.7 Å². The molecular formula is C21H24Cl2N5+3. The predicted octanol–water partition coefficient (Wildman–Crippen LogP) is -0.629. The minimum absolute atomic E-state index is 0.0672. The van der Waals surface area contributed by atoms with Gasteiger partial charge < -0.3 is 0 Å². The topological polar surface area (TPSA) is 38.0 Å². The van der Waals surface area contributed by atoms with E-state index < -0.39 is 0 Å². The van der Waals surface area contributed by atoms with Crippen molar-refractivity contribution in [2.45, 2.75) is 0 Å². The van der Waals surface area contributed by atoms with Gasteiger partial charge in [0.25, 0.3) is 0 Å². The first-order chi connectivity index (χ1) is 13.6. The van der Waals surface area contributed by atoms with Crippen molar-refractivity contribution >= 4 is 35.1 Å². The first-order valence-electron chi connectivity index (χ1n) is 9.75. The van der Waals surface area contributed by atoms with Crippen molar-refractivity contribution in [1.82, 2.24) is 0 Å². The van der Waals surface area contributed by atoms with Crippen LogP contribution in [0.3, 0.4) is 0 Å². The number of rotatable bonds is 4. The van der Waals surface area contributed by atoms with Gasteiger partial charge in [-0.15, -0.1) is 0 Å². The molecule has 2 aromatic rings. The minimum atomic E-state index is 0.0672. The molecule has 4 aliphatic heterocycles. The molecule has 0 radical (unpaired) electrons. The van der Waals surface area contributed by atoms with E-state index in [4.69, 9.17) is 28.3 Å². The lowest BCUT2D eigenvalue weighted by atomic mass is 9.74. The highest BCUT2D eigenvalue weighted by atomic mass is 35.5. The average Bonchev–Trinajstić information content (AvgIpc) is 2.66. The van der Waals surface area contributed by atoms with Crippen LogP contribution in [0, 0.1) is 5.41 Å². The van der Waals surface area contributed by atoms with Crippen molar-refractivity contribution < 1.29 is 14.7 Å². The first-order valence-corrected chi connectivity index (χ1v) is 10.5. The summed E-state index contributed by atoms with van der Waals surface area (Å²) in [5.74, 6) is 0. The van der Waals surface area contributed by atoms with Crippen molar-refractivity contribution in [2.75, 3.05) is 39.6 Å². The number of quaternary nitrogens is 3. The van der Waals surface area contributed by atoms with Crippen molar-refractivity contribution in [2.24, 2.45) is 15.6 Å². The Morgan fingerprint density at radius 1 is 0.821 bits per heavy atom. The summed E-state index contributed by atoms with van der Waals surface area (Å²) in [6.07, 6.45) is 1.68. The molecule has 4 saturated heterocycles. The van der Waals surface area contributed by atoms with Gasteiger partial charge >= 0.3 is 0 Å². The fourth-order valence-corrected chi connectivity index (χ4v) is 5.84. The maximum atomic E-state index is 6.28. The molecule has 4 heterocycles. The normalized spacial score (nSPS) is 31.6. The lowest BCUT2D eigenvalue weighted by molar-refractivity contribution is -1.30. The molecule has 5 nitrogen and oxygen atoms in total. The van der Waals surface area contributed by atoms with E-state index in [9.17, 15) is 0 Å². The summed E-state index contributed by atoms with van der Waals surface area (Å²) in [5.41, 5.74) is 3.04. The minimum Gasteiger partial charge on any atom is -0.241 e. The van der Waals surface area contributed by atoms with E-state index in [0.29, 0.717) is 15.6 Å². The van der Waals surface area contributed by atoms with Gasteiger partial charge in [-0.1, -0.05) is 59.6 Å². The predicted molar refractivity (Wildman–Crippen MR) is 112 cm³/mol. The fourth-order valence-electron chi connectivity index (χ4n) is 5.34.